The van der Waals surface area contributed by atoms with E-state index in [1.807, 2.05) is 0 Å². The summed E-state index contributed by atoms with van der Waals surface area (Å²) in [5.74, 6) is -0.996. The van der Waals surface area contributed by atoms with E-state index in [0.717, 1.165) is 0 Å². The normalized spacial score (nSPS) is 11.5. The summed E-state index contributed by atoms with van der Waals surface area (Å²) < 4.78 is 37.7. The molecule has 1 aromatic carbocycles. The van der Waals surface area contributed by atoms with Crippen molar-refractivity contribution in [1.29, 1.82) is 0 Å². The van der Waals surface area contributed by atoms with Gasteiger partial charge in [0.25, 0.3) is 0 Å². The van der Waals surface area contributed by atoms with Crippen LogP contribution < -0.4 is 0 Å². The second-order valence-corrected chi connectivity index (χ2v) is 3.68. The molecule has 6 heteroatoms. The van der Waals surface area contributed by atoms with E-state index >= 15 is 0 Å². The Morgan fingerprint density at radius 3 is 2.44 bits per heavy atom. The molecule has 0 unspecified atom stereocenters. The predicted octanol–water partition coefficient (Wildman–Crippen LogP) is 3.01. The SMILES string of the molecule is O=C(CC(F)(F)F)c1ccnn1-c1ccccc1. The molecule has 0 saturated carbocycles. The quantitative estimate of drug-likeness (QED) is 0.789. The van der Waals surface area contributed by atoms with Gasteiger partial charge in [-0.05, 0) is 18.2 Å². The lowest BCUT2D eigenvalue weighted by Gasteiger charge is -2.08. The second kappa shape index (κ2) is 4.64. The lowest BCUT2D eigenvalue weighted by Crippen LogP contribution is -2.17. The molecule has 2 rings (SSSR count). The highest BCUT2D eigenvalue weighted by molar-refractivity contribution is 5.95. The molecule has 2 aromatic rings. The molecule has 3 nitrogen and oxygen atoms in total. The third-order valence-electron chi connectivity index (χ3n) is 2.29. The minimum atomic E-state index is -4.51. The molecule has 1 heterocycles. The van der Waals surface area contributed by atoms with Crippen molar-refractivity contribution in [2.75, 3.05) is 0 Å². The molecule has 0 aliphatic heterocycles. The van der Waals surface area contributed by atoms with Gasteiger partial charge in [0.1, 0.15) is 12.1 Å². The largest absolute Gasteiger partial charge is 0.396 e. The van der Waals surface area contributed by atoms with Gasteiger partial charge in [-0.25, -0.2) is 4.68 Å². The maximum absolute atomic E-state index is 12.2. The zero-order valence-corrected chi connectivity index (χ0v) is 9.19. The van der Waals surface area contributed by atoms with Gasteiger partial charge in [-0.3, -0.25) is 4.79 Å². The third-order valence-corrected chi connectivity index (χ3v) is 2.29. The Hall–Kier alpha value is -2.11. The molecule has 0 aliphatic rings. The number of nitrogens with zero attached hydrogens (tertiary/aromatic N) is 2. The molecule has 1 aromatic heterocycles. The van der Waals surface area contributed by atoms with Crippen LogP contribution >= 0.6 is 0 Å². The van der Waals surface area contributed by atoms with Crippen LogP contribution in [0.15, 0.2) is 42.6 Å². The number of hydrogen-bond donors (Lipinski definition) is 0. The van der Waals surface area contributed by atoms with Crippen LogP contribution in [-0.4, -0.2) is 21.7 Å². The van der Waals surface area contributed by atoms with E-state index in [1.54, 1.807) is 30.3 Å². The average Bonchev–Trinajstić information content (AvgIpc) is 2.76. The zero-order chi connectivity index (χ0) is 13.2. The number of aromatic nitrogens is 2. The van der Waals surface area contributed by atoms with Gasteiger partial charge in [-0.1, -0.05) is 18.2 Å². The fraction of sp³-hybridized carbons (Fsp3) is 0.167. The Morgan fingerprint density at radius 2 is 1.83 bits per heavy atom. The topological polar surface area (TPSA) is 34.9 Å². The molecule has 0 aliphatic carbocycles. The summed E-state index contributed by atoms with van der Waals surface area (Å²) in [4.78, 5) is 11.5. The summed E-state index contributed by atoms with van der Waals surface area (Å²) in [6, 6.07) is 9.81. The van der Waals surface area contributed by atoms with Gasteiger partial charge < -0.3 is 0 Å². The summed E-state index contributed by atoms with van der Waals surface area (Å²) in [5.41, 5.74) is 0.478. The van der Waals surface area contributed by atoms with Crippen molar-refractivity contribution in [3.63, 3.8) is 0 Å². The van der Waals surface area contributed by atoms with Crippen LogP contribution in [0, 0.1) is 0 Å². The molecule has 18 heavy (non-hydrogen) atoms. The number of Topliss-reactive ketones (excluding diaryl/α,β-unsaturated/α-hetero) is 1. The molecule has 0 atom stereocenters. The molecule has 0 saturated heterocycles. The fourth-order valence-corrected chi connectivity index (χ4v) is 1.56. The number of para-hydroxylation sites is 1. The Balaban J connectivity index is 2.32. The van der Waals surface area contributed by atoms with Gasteiger partial charge in [0, 0.05) is 0 Å². The van der Waals surface area contributed by atoms with Gasteiger partial charge in [0.2, 0.25) is 0 Å². The van der Waals surface area contributed by atoms with E-state index in [1.165, 1.54) is 16.9 Å². The van der Waals surface area contributed by atoms with Crippen molar-refractivity contribution in [1.82, 2.24) is 9.78 Å². The number of benzene rings is 1. The minimum Gasteiger partial charge on any atom is -0.292 e. The number of ketones is 1. The highest BCUT2D eigenvalue weighted by atomic mass is 19.4. The van der Waals surface area contributed by atoms with E-state index < -0.39 is 18.4 Å². The summed E-state index contributed by atoms with van der Waals surface area (Å²) in [6.45, 7) is 0. The average molecular weight is 254 g/mol. The van der Waals surface area contributed by atoms with Crippen molar-refractivity contribution >= 4 is 5.78 Å². The summed E-state index contributed by atoms with van der Waals surface area (Å²) >= 11 is 0. The van der Waals surface area contributed by atoms with Crippen LogP contribution in [0.1, 0.15) is 16.9 Å². The maximum atomic E-state index is 12.2. The Bertz CT molecular complexity index is 546. The van der Waals surface area contributed by atoms with E-state index in [-0.39, 0.29) is 5.69 Å². The molecule has 0 N–H and O–H groups in total. The fourth-order valence-electron chi connectivity index (χ4n) is 1.56. The Morgan fingerprint density at radius 1 is 1.17 bits per heavy atom. The number of halogens is 3. The first kappa shape index (κ1) is 12.3. The molecule has 0 spiro atoms. The van der Waals surface area contributed by atoms with Crippen molar-refractivity contribution in [3.8, 4) is 5.69 Å². The van der Waals surface area contributed by atoms with Crippen molar-refractivity contribution in [2.24, 2.45) is 0 Å². The first-order valence-electron chi connectivity index (χ1n) is 5.17. The van der Waals surface area contributed by atoms with Crippen LogP contribution in [0.2, 0.25) is 0 Å². The first-order valence-corrected chi connectivity index (χ1v) is 5.17. The highest BCUT2D eigenvalue weighted by Gasteiger charge is 2.32. The van der Waals surface area contributed by atoms with E-state index in [4.69, 9.17) is 0 Å². The van der Waals surface area contributed by atoms with Crippen LogP contribution in [-0.2, 0) is 0 Å². The molecule has 0 radical (unpaired) electrons. The minimum absolute atomic E-state index is 0.0708. The van der Waals surface area contributed by atoms with Crippen LogP contribution in [0.25, 0.3) is 5.69 Å². The van der Waals surface area contributed by atoms with Gasteiger partial charge in [-0.15, -0.1) is 0 Å². The lowest BCUT2D eigenvalue weighted by atomic mass is 10.2. The predicted molar refractivity (Wildman–Crippen MR) is 58.6 cm³/mol. The van der Waals surface area contributed by atoms with Gasteiger partial charge in [0.15, 0.2) is 5.78 Å². The van der Waals surface area contributed by atoms with Crippen LogP contribution in [0.5, 0.6) is 0 Å². The van der Waals surface area contributed by atoms with Crippen molar-refractivity contribution in [3.05, 3.63) is 48.3 Å². The second-order valence-electron chi connectivity index (χ2n) is 3.68. The van der Waals surface area contributed by atoms with Crippen molar-refractivity contribution < 1.29 is 18.0 Å². The standard InChI is InChI=1S/C12H9F3N2O/c13-12(14,15)8-11(18)10-6-7-16-17(10)9-4-2-1-3-5-9/h1-7H,8H2. The third kappa shape index (κ3) is 2.77. The molecular formula is C12H9F3N2O. The van der Waals surface area contributed by atoms with Crippen LogP contribution in [0.4, 0.5) is 13.2 Å². The number of rotatable bonds is 3. The van der Waals surface area contributed by atoms with E-state index in [0.29, 0.717) is 5.69 Å². The smallest absolute Gasteiger partial charge is 0.292 e. The van der Waals surface area contributed by atoms with Gasteiger partial charge >= 0.3 is 6.18 Å². The van der Waals surface area contributed by atoms with Crippen molar-refractivity contribution in [2.45, 2.75) is 12.6 Å². The van der Waals surface area contributed by atoms with Gasteiger partial charge in [-0.2, -0.15) is 18.3 Å². The number of alkyl halides is 3. The molecular weight excluding hydrogens is 245 g/mol. The summed E-state index contributed by atoms with van der Waals surface area (Å²) in [7, 11) is 0. The maximum Gasteiger partial charge on any atom is 0.396 e. The monoisotopic (exact) mass is 254 g/mol. The molecule has 0 fully saturated rings. The summed E-state index contributed by atoms with van der Waals surface area (Å²) in [5, 5.41) is 3.87. The zero-order valence-electron chi connectivity index (χ0n) is 9.19. The molecule has 94 valence electrons. The van der Waals surface area contributed by atoms with E-state index in [2.05, 4.69) is 5.10 Å². The highest BCUT2D eigenvalue weighted by Crippen LogP contribution is 2.22. The van der Waals surface area contributed by atoms with Gasteiger partial charge in [0.05, 0.1) is 11.9 Å². The van der Waals surface area contributed by atoms with Crippen LogP contribution in [0.3, 0.4) is 0 Å². The number of carbonyl (C=O) groups is 1. The Kier molecular flexibility index (Phi) is 3.18. The molecule has 0 amide bonds. The number of carbonyl (C=O) groups excluding carboxylic acids is 1. The first-order chi connectivity index (χ1) is 8.47. The number of hydrogen-bond acceptors (Lipinski definition) is 2. The van der Waals surface area contributed by atoms with E-state index in [9.17, 15) is 18.0 Å². The lowest BCUT2D eigenvalue weighted by molar-refractivity contribution is -0.125. The summed E-state index contributed by atoms with van der Waals surface area (Å²) in [6.07, 6.45) is -4.69. The molecule has 0 bridgehead atoms. The Labute approximate surface area is 101 Å².